The van der Waals surface area contributed by atoms with Crippen LogP contribution in [-0.2, 0) is 0 Å². The lowest BCUT2D eigenvalue weighted by Crippen LogP contribution is -2.38. The van der Waals surface area contributed by atoms with Crippen LogP contribution in [0.5, 0.6) is 0 Å². The Bertz CT molecular complexity index is 668. The van der Waals surface area contributed by atoms with Crippen molar-refractivity contribution in [1.82, 2.24) is 15.4 Å². The highest BCUT2D eigenvalue weighted by Gasteiger charge is 2.34. The van der Waals surface area contributed by atoms with Gasteiger partial charge in [-0.05, 0) is 38.1 Å². The fourth-order valence-corrected chi connectivity index (χ4v) is 3.08. The second kappa shape index (κ2) is 6.10. The van der Waals surface area contributed by atoms with E-state index >= 15 is 0 Å². The van der Waals surface area contributed by atoms with Crippen LogP contribution in [0.2, 0.25) is 5.02 Å². The van der Waals surface area contributed by atoms with E-state index in [1.54, 1.807) is 13.0 Å². The fourth-order valence-electron chi connectivity index (χ4n) is 2.95. The number of carbonyl (C=O) groups excluding carboxylic acids is 1. The number of nitrogens with one attached hydrogen (secondary N) is 1. The number of aryl methyl sites for hydroxylation is 1. The largest absolute Gasteiger partial charge is 0.351 e. The van der Waals surface area contributed by atoms with Gasteiger partial charge in [0, 0.05) is 17.6 Å². The van der Waals surface area contributed by atoms with Crippen molar-refractivity contribution < 1.29 is 9.32 Å². The Morgan fingerprint density at radius 2 is 2.14 bits per heavy atom. The van der Waals surface area contributed by atoms with E-state index in [4.69, 9.17) is 16.1 Å². The molecule has 0 aliphatic carbocycles. The smallest absolute Gasteiger partial charge is 0.290 e. The molecule has 22 heavy (non-hydrogen) atoms. The van der Waals surface area contributed by atoms with E-state index in [1.165, 1.54) is 0 Å². The topological polar surface area (TPSA) is 58.4 Å². The number of rotatable bonds is 3. The molecule has 2 aromatic rings. The molecule has 0 spiro atoms. The molecule has 0 saturated carbocycles. The number of aromatic nitrogens is 1. The van der Waals surface area contributed by atoms with E-state index in [2.05, 4.69) is 22.4 Å². The fraction of sp³-hybridized carbons (Fsp3) is 0.375. The standard InChI is InChI=1S/C16H18ClN3O2/c1-10-9-14(22-19-10)16(21)18-13-7-8-20(2)15(13)11-3-5-12(17)6-4-11/h3-6,9,13,15H,7-8H2,1-2H3,(H,18,21)/t13-,15-/m0/s1. The van der Waals surface area contributed by atoms with Crippen LogP contribution in [0.25, 0.3) is 0 Å². The first-order valence-electron chi connectivity index (χ1n) is 7.24. The molecule has 1 N–H and O–H groups in total. The molecule has 1 amide bonds. The molecule has 0 bridgehead atoms. The maximum Gasteiger partial charge on any atom is 0.290 e. The predicted octanol–water partition coefficient (Wildman–Crippen LogP) is 2.81. The molecule has 116 valence electrons. The van der Waals surface area contributed by atoms with E-state index in [9.17, 15) is 4.79 Å². The summed E-state index contributed by atoms with van der Waals surface area (Å²) in [4.78, 5) is 14.5. The third-order valence-electron chi connectivity index (χ3n) is 4.03. The molecule has 6 heteroatoms. The van der Waals surface area contributed by atoms with Crippen molar-refractivity contribution >= 4 is 17.5 Å². The summed E-state index contributed by atoms with van der Waals surface area (Å²) < 4.78 is 5.03. The first-order chi connectivity index (χ1) is 10.5. The molecule has 0 radical (unpaired) electrons. The minimum atomic E-state index is -0.222. The van der Waals surface area contributed by atoms with E-state index in [0.717, 1.165) is 18.5 Å². The molecule has 2 heterocycles. The van der Waals surface area contributed by atoms with Crippen molar-refractivity contribution in [2.45, 2.75) is 25.4 Å². The van der Waals surface area contributed by atoms with E-state index in [1.807, 2.05) is 24.3 Å². The highest BCUT2D eigenvalue weighted by molar-refractivity contribution is 6.30. The number of hydrogen-bond acceptors (Lipinski definition) is 4. The van der Waals surface area contributed by atoms with Crippen molar-refractivity contribution in [2.24, 2.45) is 0 Å². The van der Waals surface area contributed by atoms with Crippen LogP contribution in [0.1, 0.15) is 34.3 Å². The summed E-state index contributed by atoms with van der Waals surface area (Å²) in [5.74, 6) is 0.0294. The zero-order valence-electron chi connectivity index (χ0n) is 12.5. The molecule has 1 aliphatic heterocycles. The molecule has 0 unspecified atom stereocenters. The van der Waals surface area contributed by atoms with Gasteiger partial charge in [-0.2, -0.15) is 0 Å². The van der Waals surface area contributed by atoms with Crippen LogP contribution in [0.15, 0.2) is 34.9 Å². The van der Waals surface area contributed by atoms with Gasteiger partial charge in [0.05, 0.1) is 17.8 Å². The van der Waals surface area contributed by atoms with Crippen LogP contribution in [0.4, 0.5) is 0 Å². The molecule has 2 atom stereocenters. The molecule has 3 rings (SSSR count). The number of nitrogens with zero attached hydrogens (tertiary/aromatic N) is 2. The number of carbonyl (C=O) groups is 1. The SMILES string of the molecule is Cc1cc(C(=O)N[C@H]2CCN(C)[C@H]2c2ccc(Cl)cc2)on1. The van der Waals surface area contributed by atoms with Gasteiger partial charge in [0.1, 0.15) is 0 Å². The summed E-state index contributed by atoms with van der Waals surface area (Å²) in [5.41, 5.74) is 1.84. The van der Waals surface area contributed by atoms with Crippen molar-refractivity contribution in [3.63, 3.8) is 0 Å². The van der Waals surface area contributed by atoms with E-state index < -0.39 is 0 Å². The number of benzene rings is 1. The lowest BCUT2D eigenvalue weighted by atomic mass is 10.00. The van der Waals surface area contributed by atoms with Crippen LogP contribution in [-0.4, -0.2) is 35.6 Å². The predicted molar refractivity (Wildman–Crippen MR) is 83.9 cm³/mol. The van der Waals surface area contributed by atoms with E-state index in [-0.39, 0.29) is 23.8 Å². The number of hydrogen-bond donors (Lipinski definition) is 1. The Kier molecular flexibility index (Phi) is 4.18. The monoisotopic (exact) mass is 319 g/mol. The Morgan fingerprint density at radius 3 is 2.77 bits per heavy atom. The maximum absolute atomic E-state index is 12.3. The minimum absolute atomic E-state index is 0.0316. The first kappa shape index (κ1) is 15.1. The van der Waals surface area contributed by atoms with Gasteiger partial charge < -0.3 is 9.84 Å². The molecule has 1 aromatic carbocycles. The normalized spacial score (nSPS) is 22.0. The lowest BCUT2D eigenvalue weighted by Gasteiger charge is -2.26. The third kappa shape index (κ3) is 3.00. The van der Waals surface area contributed by atoms with Crippen molar-refractivity contribution in [2.75, 3.05) is 13.6 Å². The summed E-state index contributed by atoms with van der Waals surface area (Å²) >= 11 is 5.96. The molecule has 1 aromatic heterocycles. The zero-order valence-corrected chi connectivity index (χ0v) is 13.3. The number of likely N-dealkylation sites (N-methyl/N-ethyl adjacent to an activating group) is 1. The van der Waals surface area contributed by atoms with Gasteiger partial charge >= 0.3 is 0 Å². The minimum Gasteiger partial charge on any atom is -0.351 e. The summed E-state index contributed by atoms with van der Waals surface area (Å²) in [7, 11) is 2.06. The summed E-state index contributed by atoms with van der Waals surface area (Å²) in [6.45, 7) is 2.72. The quantitative estimate of drug-likeness (QED) is 0.945. The Morgan fingerprint density at radius 1 is 1.41 bits per heavy atom. The molecular weight excluding hydrogens is 302 g/mol. The van der Waals surface area contributed by atoms with Crippen LogP contribution < -0.4 is 5.32 Å². The molecule has 1 saturated heterocycles. The molecule has 5 nitrogen and oxygen atoms in total. The average Bonchev–Trinajstić information content (AvgIpc) is 3.07. The third-order valence-corrected chi connectivity index (χ3v) is 4.28. The van der Waals surface area contributed by atoms with Gasteiger partial charge in [-0.1, -0.05) is 28.9 Å². The Labute approximate surface area is 134 Å². The Hall–Kier alpha value is -1.85. The van der Waals surface area contributed by atoms with Crippen LogP contribution in [0, 0.1) is 6.92 Å². The van der Waals surface area contributed by atoms with Gasteiger partial charge in [0.15, 0.2) is 0 Å². The van der Waals surface area contributed by atoms with Gasteiger partial charge in [-0.3, -0.25) is 9.69 Å². The highest BCUT2D eigenvalue weighted by Crippen LogP contribution is 2.31. The zero-order chi connectivity index (χ0) is 15.7. The average molecular weight is 320 g/mol. The van der Waals surface area contributed by atoms with Crippen molar-refractivity contribution in [3.8, 4) is 0 Å². The van der Waals surface area contributed by atoms with Crippen molar-refractivity contribution in [1.29, 1.82) is 0 Å². The first-order valence-corrected chi connectivity index (χ1v) is 7.62. The number of halogens is 1. The van der Waals surface area contributed by atoms with Gasteiger partial charge in [-0.15, -0.1) is 0 Å². The highest BCUT2D eigenvalue weighted by atomic mass is 35.5. The number of likely N-dealkylation sites (tertiary alicyclic amines) is 1. The summed E-state index contributed by atoms with van der Waals surface area (Å²) in [6, 6.07) is 9.57. The summed E-state index contributed by atoms with van der Waals surface area (Å²) in [6.07, 6.45) is 0.892. The Balaban J connectivity index is 1.77. The van der Waals surface area contributed by atoms with Crippen LogP contribution >= 0.6 is 11.6 Å². The molecule has 1 fully saturated rings. The van der Waals surface area contributed by atoms with Crippen LogP contribution in [0.3, 0.4) is 0 Å². The number of amides is 1. The van der Waals surface area contributed by atoms with Gasteiger partial charge in [0.25, 0.3) is 5.91 Å². The summed E-state index contributed by atoms with van der Waals surface area (Å²) in [5, 5.41) is 7.52. The maximum atomic E-state index is 12.3. The second-order valence-corrected chi connectivity index (χ2v) is 6.11. The van der Waals surface area contributed by atoms with Gasteiger partial charge in [-0.25, -0.2) is 0 Å². The van der Waals surface area contributed by atoms with Crippen molar-refractivity contribution in [3.05, 3.63) is 52.4 Å². The van der Waals surface area contributed by atoms with E-state index in [0.29, 0.717) is 10.7 Å². The molecular formula is C16H18ClN3O2. The lowest BCUT2D eigenvalue weighted by molar-refractivity contribution is 0.0890. The second-order valence-electron chi connectivity index (χ2n) is 5.68. The van der Waals surface area contributed by atoms with Gasteiger partial charge in [0.2, 0.25) is 5.76 Å². The molecule has 1 aliphatic rings.